The van der Waals surface area contributed by atoms with Crippen LogP contribution in [0.5, 0.6) is 0 Å². The number of ether oxygens (including phenoxy) is 1. The van der Waals surface area contributed by atoms with Gasteiger partial charge in [-0.25, -0.2) is 4.98 Å². The molecule has 1 aliphatic rings. The maximum Gasteiger partial charge on any atom is 0.226 e. The van der Waals surface area contributed by atoms with Crippen LogP contribution in [0.15, 0.2) is 34.9 Å². The minimum absolute atomic E-state index is 0.234. The Morgan fingerprint density at radius 3 is 3.18 bits per heavy atom. The molecule has 2 aromatic rings. The maximum atomic E-state index is 5.98. The zero-order valence-electron chi connectivity index (χ0n) is 12.6. The summed E-state index contributed by atoms with van der Waals surface area (Å²) in [5, 5.41) is 4.04. The number of oxazole rings is 1. The van der Waals surface area contributed by atoms with Crippen molar-refractivity contribution in [1.82, 2.24) is 15.2 Å². The minimum Gasteiger partial charge on any atom is -0.444 e. The molecule has 0 unspecified atom stereocenters. The van der Waals surface area contributed by atoms with Gasteiger partial charge in [0.05, 0.1) is 18.4 Å². The van der Waals surface area contributed by atoms with Crippen molar-refractivity contribution in [1.29, 1.82) is 0 Å². The second-order valence-electron chi connectivity index (χ2n) is 5.54. The zero-order valence-corrected chi connectivity index (χ0v) is 13.3. The summed E-state index contributed by atoms with van der Waals surface area (Å²) < 4.78 is 11.2. The van der Waals surface area contributed by atoms with Gasteiger partial charge in [-0.05, 0) is 25.2 Å². The van der Waals surface area contributed by atoms with Crippen molar-refractivity contribution in [2.45, 2.75) is 12.6 Å². The van der Waals surface area contributed by atoms with Crippen molar-refractivity contribution < 1.29 is 9.15 Å². The first kappa shape index (κ1) is 15.5. The van der Waals surface area contributed by atoms with Crippen LogP contribution in [0.4, 0.5) is 0 Å². The number of benzene rings is 1. The summed E-state index contributed by atoms with van der Waals surface area (Å²) in [6.07, 6.45) is 1.91. The molecule has 1 aliphatic heterocycles. The van der Waals surface area contributed by atoms with E-state index >= 15 is 0 Å². The molecular weight excluding hydrogens is 302 g/mol. The Balaban J connectivity index is 1.51. The summed E-state index contributed by atoms with van der Waals surface area (Å²) in [5.41, 5.74) is 1.76. The van der Waals surface area contributed by atoms with E-state index < -0.39 is 0 Å². The zero-order chi connectivity index (χ0) is 15.4. The Morgan fingerprint density at radius 2 is 2.36 bits per heavy atom. The molecule has 0 amide bonds. The predicted octanol–water partition coefficient (Wildman–Crippen LogP) is 2.42. The van der Waals surface area contributed by atoms with Crippen LogP contribution >= 0.6 is 11.6 Å². The number of halogens is 1. The van der Waals surface area contributed by atoms with Crippen LogP contribution in [0.3, 0.4) is 0 Å². The van der Waals surface area contributed by atoms with Gasteiger partial charge in [-0.1, -0.05) is 17.7 Å². The number of nitrogens with one attached hydrogen (secondary N) is 1. The van der Waals surface area contributed by atoms with E-state index in [0.29, 0.717) is 17.5 Å². The maximum absolute atomic E-state index is 5.98. The van der Waals surface area contributed by atoms with Crippen LogP contribution < -0.4 is 5.32 Å². The molecule has 1 atom stereocenters. The average Bonchev–Trinajstić information content (AvgIpc) is 2.96. The first-order chi connectivity index (χ1) is 10.7. The largest absolute Gasteiger partial charge is 0.444 e. The molecule has 1 aromatic heterocycles. The molecule has 1 N–H and O–H groups in total. The fraction of sp³-hybridized carbons (Fsp3) is 0.438. The molecule has 0 aliphatic carbocycles. The van der Waals surface area contributed by atoms with Crippen molar-refractivity contribution in [3.63, 3.8) is 0 Å². The Morgan fingerprint density at radius 1 is 1.45 bits per heavy atom. The van der Waals surface area contributed by atoms with Gasteiger partial charge >= 0.3 is 0 Å². The van der Waals surface area contributed by atoms with Crippen LogP contribution in [0.1, 0.15) is 5.69 Å². The highest BCUT2D eigenvalue weighted by atomic mass is 35.5. The number of hydrogen-bond acceptors (Lipinski definition) is 5. The van der Waals surface area contributed by atoms with Crippen LogP contribution in [-0.4, -0.2) is 49.3 Å². The van der Waals surface area contributed by atoms with E-state index in [1.807, 2.05) is 24.3 Å². The lowest BCUT2D eigenvalue weighted by Gasteiger charge is -2.30. The quantitative estimate of drug-likeness (QED) is 0.916. The summed E-state index contributed by atoms with van der Waals surface area (Å²) in [4.78, 5) is 6.76. The molecule has 2 heterocycles. The lowest BCUT2D eigenvalue weighted by Crippen LogP contribution is -2.44. The molecule has 6 heteroatoms. The van der Waals surface area contributed by atoms with Gasteiger partial charge in [0.25, 0.3) is 0 Å². The van der Waals surface area contributed by atoms with E-state index in [1.165, 1.54) is 0 Å². The Labute approximate surface area is 135 Å². The van der Waals surface area contributed by atoms with Gasteiger partial charge < -0.3 is 19.4 Å². The van der Waals surface area contributed by atoms with E-state index in [-0.39, 0.29) is 6.10 Å². The molecular formula is C16H20ClN3O2. The van der Waals surface area contributed by atoms with E-state index in [1.54, 1.807) is 6.26 Å². The van der Waals surface area contributed by atoms with Crippen molar-refractivity contribution in [3.8, 4) is 11.5 Å². The second-order valence-corrected chi connectivity index (χ2v) is 5.98. The highest BCUT2D eigenvalue weighted by Crippen LogP contribution is 2.21. The summed E-state index contributed by atoms with van der Waals surface area (Å²) in [6.45, 7) is 4.23. The molecule has 0 radical (unpaired) electrons. The Hall–Kier alpha value is -1.40. The van der Waals surface area contributed by atoms with E-state index in [4.69, 9.17) is 20.8 Å². The molecule has 1 aromatic carbocycles. The van der Waals surface area contributed by atoms with Crippen LogP contribution in [0, 0.1) is 0 Å². The third-order valence-corrected chi connectivity index (χ3v) is 3.88. The fourth-order valence-electron chi connectivity index (χ4n) is 2.49. The smallest absolute Gasteiger partial charge is 0.226 e. The molecule has 1 saturated heterocycles. The van der Waals surface area contributed by atoms with Crippen molar-refractivity contribution in [2.75, 3.05) is 33.3 Å². The minimum atomic E-state index is 0.234. The van der Waals surface area contributed by atoms with Gasteiger partial charge in [0.1, 0.15) is 6.26 Å². The highest BCUT2D eigenvalue weighted by Gasteiger charge is 2.17. The van der Waals surface area contributed by atoms with Crippen LogP contribution in [0.25, 0.3) is 11.5 Å². The SMILES string of the molecule is CN1CCO[C@@H](CNCc2coc(-c3cccc(Cl)c3)n2)C1. The Kier molecular flexibility index (Phi) is 5.10. The number of hydrogen-bond donors (Lipinski definition) is 1. The van der Waals surface area contributed by atoms with Crippen molar-refractivity contribution in [2.24, 2.45) is 0 Å². The predicted molar refractivity (Wildman–Crippen MR) is 85.9 cm³/mol. The Bertz CT molecular complexity index is 617. The third-order valence-electron chi connectivity index (χ3n) is 3.64. The molecule has 3 rings (SSSR count). The molecule has 1 fully saturated rings. The van der Waals surface area contributed by atoms with Crippen molar-refractivity contribution >= 4 is 11.6 Å². The highest BCUT2D eigenvalue weighted by molar-refractivity contribution is 6.30. The molecule has 0 bridgehead atoms. The summed E-state index contributed by atoms with van der Waals surface area (Å²) in [7, 11) is 2.12. The number of aromatic nitrogens is 1. The van der Waals surface area contributed by atoms with Gasteiger partial charge in [0, 0.05) is 36.8 Å². The molecule has 118 valence electrons. The number of rotatable bonds is 5. The summed E-state index contributed by atoms with van der Waals surface area (Å²) in [6, 6.07) is 7.49. The monoisotopic (exact) mass is 321 g/mol. The van der Waals surface area contributed by atoms with Crippen LogP contribution in [0.2, 0.25) is 5.02 Å². The van der Waals surface area contributed by atoms with Crippen LogP contribution in [-0.2, 0) is 11.3 Å². The first-order valence-electron chi connectivity index (χ1n) is 7.42. The topological polar surface area (TPSA) is 50.5 Å². The van der Waals surface area contributed by atoms with Crippen molar-refractivity contribution in [3.05, 3.63) is 41.2 Å². The standard InChI is InChI=1S/C16H20ClN3O2/c1-20-5-6-21-15(10-20)9-18-8-14-11-22-16(19-14)12-3-2-4-13(17)7-12/h2-4,7,11,15,18H,5-6,8-10H2,1H3/t15-/m0/s1. The third kappa shape index (κ3) is 4.08. The summed E-state index contributed by atoms with van der Waals surface area (Å²) >= 11 is 5.98. The number of morpholine rings is 1. The molecule has 5 nitrogen and oxygen atoms in total. The van der Waals surface area contributed by atoms with E-state index in [2.05, 4.69) is 22.2 Å². The van der Waals surface area contributed by atoms with Gasteiger partial charge in [-0.2, -0.15) is 0 Å². The molecule has 22 heavy (non-hydrogen) atoms. The van der Waals surface area contributed by atoms with Gasteiger partial charge in [-0.3, -0.25) is 0 Å². The lowest BCUT2D eigenvalue weighted by atomic mass is 10.2. The van der Waals surface area contributed by atoms with E-state index in [0.717, 1.165) is 37.5 Å². The van der Waals surface area contributed by atoms with Gasteiger partial charge in [-0.15, -0.1) is 0 Å². The molecule has 0 saturated carbocycles. The second kappa shape index (κ2) is 7.24. The fourth-order valence-corrected chi connectivity index (χ4v) is 2.68. The van der Waals surface area contributed by atoms with Gasteiger partial charge in [0.2, 0.25) is 5.89 Å². The number of nitrogens with zero attached hydrogens (tertiary/aromatic N) is 2. The lowest BCUT2D eigenvalue weighted by molar-refractivity contribution is -0.0182. The van der Waals surface area contributed by atoms with Gasteiger partial charge in [0.15, 0.2) is 0 Å². The number of likely N-dealkylation sites (N-methyl/N-ethyl adjacent to an activating group) is 1. The normalized spacial score (nSPS) is 19.5. The summed E-state index contributed by atoms with van der Waals surface area (Å²) in [5.74, 6) is 0.591. The molecule has 0 spiro atoms. The average molecular weight is 322 g/mol. The first-order valence-corrected chi connectivity index (χ1v) is 7.80. The van der Waals surface area contributed by atoms with E-state index in [9.17, 15) is 0 Å².